The predicted molar refractivity (Wildman–Crippen MR) is 73.5 cm³/mol. The summed E-state index contributed by atoms with van der Waals surface area (Å²) in [6.07, 6.45) is 7.33. The van der Waals surface area contributed by atoms with Gasteiger partial charge in [-0.3, -0.25) is 9.88 Å². The van der Waals surface area contributed by atoms with Crippen LogP contribution in [0.1, 0.15) is 12.0 Å². The number of pyridine rings is 1. The minimum absolute atomic E-state index is 0.240. The Morgan fingerprint density at radius 3 is 2.95 bits per heavy atom. The van der Waals surface area contributed by atoms with Crippen molar-refractivity contribution in [3.05, 3.63) is 48.3 Å². The average Bonchev–Trinajstić information content (AvgIpc) is 2.90. The largest absolute Gasteiger partial charge is 0.350 e. The van der Waals surface area contributed by atoms with E-state index >= 15 is 0 Å². The smallest absolute Gasteiger partial charge is 0.222 e. The molecule has 6 heteroatoms. The van der Waals surface area contributed by atoms with E-state index < -0.39 is 0 Å². The summed E-state index contributed by atoms with van der Waals surface area (Å²) in [5, 5.41) is 3.30. The van der Waals surface area contributed by atoms with E-state index in [0.29, 0.717) is 24.1 Å². The minimum atomic E-state index is -0.240. The second kappa shape index (κ2) is 5.92. The number of likely N-dealkylation sites (tertiary alicyclic amines) is 1. The fourth-order valence-corrected chi connectivity index (χ4v) is 2.42. The Kier molecular flexibility index (Phi) is 3.83. The molecule has 3 heterocycles. The van der Waals surface area contributed by atoms with Gasteiger partial charge < -0.3 is 5.32 Å². The summed E-state index contributed by atoms with van der Waals surface area (Å²) in [7, 11) is 0. The molecule has 0 aromatic carbocycles. The van der Waals surface area contributed by atoms with Crippen LogP contribution in [0.4, 0.5) is 10.3 Å². The average molecular weight is 273 g/mol. The summed E-state index contributed by atoms with van der Waals surface area (Å²) in [6, 6.07) is 3.83. The van der Waals surface area contributed by atoms with Crippen LogP contribution in [0.15, 0.2) is 36.9 Å². The molecule has 0 spiro atoms. The van der Waals surface area contributed by atoms with Crippen LogP contribution in [0, 0.1) is 5.82 Å². The fraction of sp³-hybridized carbons (Fsp3) is 0.357. The lowest BCUT2D eigenvalue weighted by Crippen LogP contribution is -2.26. The van der Waals surface area contributed by atoms with Gasteiger partial charge in [0.05, 0.1) is 6.20 Å². The van der Waals surface area contributed by atoms with Crippen molar-refractivity contribution in [1.29, 1.82) is 0 Å². The molecule has 2 aromatic heterocycles. The molecule has 2 aromatic rings. The van der Waals surface area contributed by atoms with Crippen molar-refractivity contribution in [3.8, 4) is 0 Å². The van der Waals surface area contributed by atoms with E-state index in [1.807, 2.05) is 0 Å². The zero-order chi connectivity index (χ0) is 13.8. The van der Waals surface area contributed by atoms with E-state index in [4.69, 9.17) is 0 Å². The molecular weight excluding hydrogens is 257 g/mol. The zero-order valence-electron chi connectivity index (χ0n) is 11.0. The van der Waals surface area contributed by atoms with Gasteiger partial charge in [0.2, 0.25) is 5.95 Å². The van der Waals surface area contributed by atoms with Gasteiger partial charge in [0.25, 0.3) is 0 Å². The Labute approximate surface area is 116 Å². The van der Waals surface area contributed by atoms with Crippen LogP contribution >= 0.6 is 0 Å². The first-order valence-corrected chi connectivity index (χ1v) is 6.65. The molecule has 104 valence electrons. The molecule has 1 unspecified atom stereocenters. The number of hydrogen-bond donors (Lipinski definition) is 1. The van der Waals surface area contributed by atoms with Crippen molar-refractivity contribution in [2.75, 3.05) is 18.4 Å². The molecule has 0 aliphatic carbocycles. The van der Waals surface area contributed by atoms with Gasteiger partial charge in [-0.05, 0) is 18.6 Å². The monoisotopic (exact) mass is 273 g/mol. The first-order valence-electron chi connectivity index (χ1n) is 6.65. The molecule has 1 aliphatic rings. The maximum atomic E-state index is 13.6. The lowest BCUT2D eigenvalue weighted by Gasteiger charge is -2.16. The molecule has 5 nitrogen and oxygen atoms in total. The molecule has 0 bridgehead atoms. The van der Waals surface area contributed by atoms with E-state index in [-0.39, 0.29) is 5.82 Å². The SMILES string of the molecule is Fc1cnccc1CN1CCC(Nc2ncccn2)C1. The second-order valence-corrected chi connectivity index (χ2v) is 4.90. The van der Waals surface area contributed by atoms with Crippen LogP contribution in [0.25, 0.3) is 0 Å². The third kappa shape index (κ3) is 3.08. The van der Waals surface area contributed by atoms with Gasteiger partial charge in [0.15, 0.2) is 0 Å². The summed E-state index contributed by atoms with van der Waals surface area (Å²) in [5.41, 5.74) is 0.691. The molecule has 0 radical (unpaired) electrons. The van der Waals surface area contributed by atoms with Crippen LogP contribution in [0.5, 0.6) is 0 Å². The highest BCUT2D eigenvalue weighted by Gasteiger charge is 2.23. The van der Waals surface area contributed by atoms with E-state index in [9.17, 15) is 4.39 Å². The molecule has 1 fully saturated rings. The third-order valence-electron chi connectivity index (χ3n) is 3.42. The molecule has 3 rings (SSSR count). The summed E-state index contributed by atoms with van der Waals surface area (Å²) in [4.78, 5) is 14.3. The lowest BCUT2D eigenvalue weighted by molar-refractivity contribution is 0.322. The number of aromatic nitrogens is 3. The minimum Gasteiger partial charge on any atom is -0.350 e. The van der Waals surface area contributed by atoms with Gasteiger partial charge in [-0.2, -0.15) is 0 Å². The van der Waals surface area contributed by atoms with Crippen LogP contribution in [0.2, 0.25) is 0 Å². The molecule has 0 amide bonds. The van der Waals surface area contributed by atoms with E-state index in [2.05, 4.69) is 25.2 Å². The normalized spacial score (nSPS) is 19.1. The Morgan fingerprint density at radius 1 is 1.30 bits per heavy atom. The number of hydrogen-bond acceptors (Lipinski definition) is 5. The van der Waals surface area contributed by atoms with Crippen molar-refractivity contribution in [1.82, 2.24) is 19.9 Å². The summed E-state index contributed by atoms with van der Waals surface area (Å²) >= 11 is 0. The van der Waals surface area contributed by atoms with Crippen LogP contribution in [0.3, 0.4) is 0 Å². The second-order valence-electron chi connectivity index (χ2n) is 4.90. The highest BCUT2D eigenvalue weighted by atomic mass is 19.1. The van der Waals surface area contributed by atoms with Gasteiger partial charge in [-0.15, -0.1) is 0 Å². The van der Waals surface area contributed by atoms with Crippen LogP contribution in [-0.2, 0) is 6.54 Å². The standard InChI is InChI=1S/C14H16FN5/c15-13-8-16-6-2-11(13)9-20-7-3-12(10-20)19-14-17-4-1-5-18-14/h1-2,4-6,8,12H,3,7,9-10H2,(H,17,18,19). The lowest BCUT2D eigenvalue weighted by atomic mass is 10.2. The first kappa shape index (κ1) is 12.9. The predicted octanol–water partition coefficient (Wildman–Crippen LogP) is 1.70. The zero-order valence-corrected chi connectivity index (χ0v) is 11.0. The third-order valence-corrected chi connectivity index (χ3v) is 3.42. The Balaban J connectivity index is 1.56. The number of nitrogens with one attached hydrogen (secondary N) is 1. The van der Waals surface area contributed by atoms with E-state index in [0.717, 1.165) is 19.5 Å². The number of anilines is 1. The van der Waals surface area contributed by atoms with E-state index in [1.54, 1.807) is 30.7 Å². The van der Waals surface area contributed by atoms with Crippen molar-refractivity contribution in [2.24, 2.45) is 0 Å². The Hall–Kier alpha value is -2.08. The van der Waals surface area contributed by atoms with E-state index in [1.165, 1.54) is 6.20 Å². The molecule has 20 heavy (non-hydrogen) atoms. The van der Waals surface area contributed by atoms with Crippen molar-refractivity contribution < 1.29 is 4.39 Å². The van der Waals surface area contributed by atoms with Gasteiger partial charge >= 0.3 is 0 Å². The quantitative estimate of drug-likeness (QED) is 0.919. The van der Waals surface area contributed by atoms with Crippen LogP contribution < -0.4 is 5.32 Å². The summed E-state index contributed by atoms with van der Waals surface area (Å²) in [5.74, 6) is 0.407. The van der Waals surface area contributed by atoms with Crippen LogP contribution in [-0.4, -0.2) is 39.0 Å². The Bertz CT molecular complexity index is 563. The van der Waals surface area contributed by atoms with Gasteiger partial charge in [0, 0.05) is 49.8 Å². The number of halogens is 1. The van der Waals surface area contributed by atoms with Crippen molar-refractivity contribution in [2.45, 2.75) is 19.0 Å². The molecule has 1 saturated heterocycles. The fourth-order valence-electron chi connectivity index (χ4n) is 2.42. The van der Waals surface area contributed by atoms with Crippen molar-refractivity contribution in [3.63, 3.8) is 0 Å². The Morgan fingerprint density at radius 2 is 2.15 bits per heavy atom. The number of rotatable bonds is 4. The number of nitrogens with zero attached hydrogens (tertiary/aromatic N) is 4. The van der Waals surface area contributed by atoms with Gasteiger partial charge in [-0.25, -0.2) is 14.4 Å². The highest BCUT2D eigenvalue weighted by Crippen LogP contribution is 2.17. The van der Waals surface area contributed by atoms with Gasteiger partial charge in [-0.1, -0.05) is 0 Å². The first-order chi connectivity index (χ1) is 9.81. The van der Waals surface area contributed by atoms with Gasteiger partial charge in [0.1, 0.15) is 5.82 Å². The summed E-state index contributed by atoms with van der Waals surface area (Å²) < 4.78 is 13.6. The highest BCUT2D eigenvalue weighted by molar-refractivity contribution is 5.25. The van der Waals surface area contributed by atoms with Crippen molar-refractivity contribution >= 4 is 5.95 Å². The molecule has 0 saturated carbocycles. The maximum absolute atomic E-state index is 13.6. The topological polar surface area (TPSA) is 53.9 Å². The maximum Gasteiger partial charge on any atom is 0.222 e. The molecule has 1 aliphatic heterocycles. The molecule has 1 N–H and O–H groups in total. The summed E-state index contributed by atoms with van der Waals surface area (Å²) in [6.45, 7) is 2.41. The molecule has 1 atom stereocenters. The molecular formula is C14H16FN5.